The predicted octanol–water partition coefficient (Wildman–Crippen LogP) is 6.99. The van der Waals surface area contributed by atoms with Crippen molar-refractivity contribution in [2.75, 3.05) is 39.3 Å². The molecule has 1 aromatic heterocycles. The van der Waals surface area contributed by atoms with E-state index in [1.54, 1.807) is 6.07 Å². The average Bonchev–Trinajstić information content (AvgIpc) is 2.85. The van der Waals surface area contributed by atoms with E-state index in [9.17, 15) is 26.3 Å². The highest BCUT2D eigenvalue weighted by molar-refractivity contribution is 5.98. The second-order valence-corrected chi connectivity index (χ2v) is 8.19. The topological polar surface area (TPSA) is 56.7 Å². The Labute approximate surface area is 210 Å². The van der Waals surface area contributed by atoms with E-state index >= 15 is 0 Å². The highest BCUT2D eigenvalue weighted by Gasteiger charge is 2.37. The minimum Gasteiger partial charge on any atom is -0.493 e. The van der Waals surface area contributed by atoms with Gasteiger partial charge in [-0.1, -0.05) is 13.8 Å². The van der Waals surface area contributed by atoms with E-state index in [0.29, 0.717) is 55.0 Å². The monoisotopic (exact) mass is 531 g/mol. The number of aromatic nitrogens is 2. The summed E-state index contributed by atoms with van der Waals surface area (Å²) in [7, 11) is 4.15. The molecule has 0 saturated heterocycles. The first-order valence-corrected chi connectivity index (χ1v) is 11.4. The highest BCUT2D eigenvalue weighted by Crippen LogP contribution is 2.46. The maximum atomic E-state index is 13.5. The molecule has 0 bridgehead atoms. The first-order valence-electron chi connectivity index (χ1n) is 11.4. The van der Waals surface area contributed by atoms with Gasteiger partial charge >= 0.3 is 12.4 Å². The third-order valence-corrected chi connectivity index (χ3v) is 5.61. The van der Waals surface area contributed by atoms with Gasteiger partial charge in [-0.25, -0.2) is 9.97 Å². The number of halogens is 6. The molecule has 0 aliphatic heterocycles. The molecular formula is C25H27F6N3O3. The molecule has 0 aliphatic carbocycles. The van der Waals surface area contributed by atoms with Crippen LogP contribution in [0, 0.1) is 0 Å². The van der Waals surface area contributed by atoms with Gasteiger partial charge in [-0.2, -0.15) is 26.3 Å². The van der Waals surface area contributed by atoms with Gasteiger partial charge in [0, 0.05) is 18.7 Å². The van der Waals surface area contributed by atoms with Crippen LogP contribution in [-0.4, -0.2) is 44.4 Å². The number of benzene rings is 2. The van der Waals surface area contributed by atoms with Gasteiger partial charge in [0.25, 0.3) is 0 Å². The third kappa shape index (κ3) is 5.78. The molecule has 0 saturated carbocycles. The number of hydrogen-bond acceptors (Lipinski definition) is 6. The van der Waals surface area contributed by atoms with Gasteiger partial charge in [0.15, 0.2) is 17.3 Å². The summed E-state index contributed by atoms with van der Waals surface area (Å²) in [5, 5.41) is 0.447. The first-order chi connectivity index (χ1) is 17.4. The van der Waals surface area contributed by atoms with Crippen molar-refractivity contribution < 1.29 is 40.6 Å². The lowest BCUT2D eigenvalue weighted by Gasteiger charge is -2.26. The van der Waals surface area contributed by atoms with E-state index < -0.39 is 29.0 Å². The Hall–Kier alpha value is -3.44. The molecule has 202 valence electrons. The van der Waals surface area contributed by atoms with Crippen molar-refractivity contribution in [1.82, 2.24) is 9.97 Å². The highest BCUT2D eigenvalue weighted by atomic mass is 19.4. The Morgan fingerprint density at radius 1 is 0.730 bits per heavy atom. The normalized spacial score (nSPS) is 12.1. The zero-order chi connectivity index (χ0) is 27.5. The number of fused-ring (bicyclic) bond motifs is 1. The van der Waals surface area contributed by atoms with Gasteiger partial charge in [0.2, 0.25) is 5.75 Å². The molecule has 0 spiro atoms. The van der Waals surface area contributed by atoms with Crippen molar-refractivity contribution in [3.8, 4) is 28.6 Å². The van der Waals surface area contributed by atoms with E-state index in [1.165, 1.54) is 21.3 Å². The fraction of sp³-hybridized carbons (Fsp3) is 0.440. The summed E-state index contributed by atoms with van der Waals surface area (Å²) in [4.78, 5) is 10.8. The smallest absolute Gasteiger partial charge is 0.416 e. The fourth-order valence-corrected chi connectivity index (χ4v) is 4.03. The molecule has 6 nitrogen and oxygen atoms in total. The van der Waals surface area contributed by atoms with Gasteiger partial charge in [-0.05, 0) is 37.1 Å². The summed E-state index contributed by atoms with van der Waals surface area (Å²) in [5.74, 6) is 0.593. The molecule has 1 heterocycles. The Kier molecular flexibility index (Phi) is 8.28. The standard InChI is InChI=1S/C25H27F6N3O3/c1-6-8-34(9-7-2)23-17-13-18(35-3)20(36-4)21(37-5)19(17)32-22(33-23)14-10-15(24(26,27)28)12-16(11-14)25(29,30)31/h10-13H,6-9H2,1-5H3. The van der Waals surface area contributed by atoms with Gasteiger partial charge in [0.1, 0.15) is 11.3 Å². The van der Waals surface area contributed by atoms with Crippen LogP contribution in [0.1, 0.15) is 37.8 Å². The van der Waals surface area contributed by atoms with Crippen molar-refractivity contribution >= 4 is 16.7 Å². The zero-order valence-corrected chi connectivity index (χ0v) is 21.0. The van der Waals surface area contributed by atoms with Gasteiger partial charge in [-0.3, -0.25) is 0 Å². The summed E-state index contributed by atoms with van der Waals surface area (Å²) in [6.45, 7) is 4.96. The fourth-order valence-electron chi connectivity index (χ4n) is 4.03. The summed E-state index contributed by atoms with van der Waals surface area (Å²) >= 11 is 0. The Morgan fingerprint density at radius 3 is 1.70 bits per heavy atom. The molecular weight excluding hydrogens is 504 g/mol. The van der Waals surface area contributed by atoms with Crippen LogP contribution >= 0.6 is 0 Å². The van der Waals surface area contributed by atoms with Crippen LogP contribution in [0.2, 0.25) is 0 Å². The molecule has 3 aromatic rings. The predicted molar refractivity (Wildman–Crippen MR) is 127 cm³/mol. The SMILES string of the molecule is CCCN(CCC)c1nc(-c2cc(C(F)(F)F)cc(C(F)(F)F)c2)nc2c(OC)c(OC)c(OC)cc12. The largest absolute Gasteiger partial charge is 0.493 e. The Morgan fingerprint density at radius 2 is 1.27 bits per heavy atom. The van der Waals surface area contributed by atoms with Gasteiger partial charge < -0.3 is 19.1 Å². The van der Waals surface area contributed by atoms with Crippen LogP contribution in [0.3, 0.4) is 0 Å². The van der Waals surface area contributed by atoms with E-state index in [0.717, 1.165) is 0 Å². The number of methoxy groups -OCH3 is 3. The number of hydrogen-bond donors (Lipinski definition) is 0. The number of rotatable bonds is 9. The molecule has 0 amide bonds. The molecule has 0 fully saturated rings. The molecule has 0 atom stereocenters. The summed E-state index contributed by atoms with van der Waals surface area (Å²) in [6.07, 6.45) is -8.60. The van der Waals surface area contributed by atoms with Crippen LogP contribution in [0.25, 0.3) is 22.3 Å². The van der Waals surface area contributed by atoms with E-state index in [1.807, 2.05) is 18.7 Å². The lowest BCUT2D eigenvalue weighted by atomic mass is 10.0. The van der Waals surface area contributed by atoms with Crippen LogP contribution < -0.4 is 19.1 Å². The molecule has 3 rings (SSSR count). The van der Waals surface area contributed by atoms with Gasteiger partial charge in [0.05, 0.1) is 37.8 Å². The first kappa shape index (κ1) is 28.1. The quantitative estimate of drug-likeness (QED) is 0.278. The average molecular weight is 531 g/mol. The minimum atomic E-state index is -5.01. The van der Waals surface area contributed by atoms with Crippen LogP contribution in [0.5, 0.6) is 17.2 Å². The number of anilines is 1. The lowest BCUT2D eigenvalue weighted by Crippen LogP contribution is -2.26. The maximum absolute atomic E-state index is 13.5. The molecule has 37 heavy (non-hydrogen) atoms. The zero-order valence-electron chi connectivity index (χ0n) is 21.0. The lowest BCUT2D eigenvalue weighted by molar-refractivity contribution is -0.143. The molecule has 0 radical (unpaired) electrons. The van der Waals surface area contributed by atoms with Crippen LogP contribution in [-0.2, 0) is 12.4 Å². The van der Waals surface area contributed by atoms with E-state index in [-0.39, 0.29) is 28.9 Å². The van der Waals surface area contributed by atoms with Crippen molar-refractivity contribution in [3.05, 3.63) is 35.4 Å². The van der Waals surface area contributed by atoms with Crippen molar-refractivity contribution in [3.63, 3.8) is 0 Å². The van der Waals surface area contributed by atoms with Crippen molar-refractivity contribution in [2.45, 2.75) is 39.0 Å². The maximum Gasteiger partial charge on any atom is 0.416 e. The van der Waals surface area contributed by atoms with E-state index in [2.05, 4.69) is 9.97 Å². The summed E-state index contributed by atoms with van der Waals surface area (Å²) in [5.41, 5.74) is -3.19. The number of ether oxygens (including phenoxy) is 3. The summed E-state index contributed by atoms with van der Waals surface area (Å²) in [6, 6.07) is 2.90. The summed E-state index contributed by atoms with van der Waals surface area (Å²) < 4.78 is 97.6. The van der Waals surface area contributed by atoms with E-state index in [4.69, 9.17) is 14.2 Å². The molecule has 0 aliphatic rings. The van der Waals surface area contributed by atoms with Crippen molar-refractivity contribution in [1.29, 1.82) is 0 Å². The number of nitrogens with zero attached hydrogens (tertiary/aromatic N) is 3. The number of alkyl halides is 6. The Bertz CT molecular complexity index is 1220. The molecule has 12 heteroatoms. The molecule has 2 aromatic carbocycles. The van der Waals surface area contributed by atoms with Crippen molar-refractivity contribution in [2.24, 2.45) is 0 Å². The molecule has 0 unspecified atom stereocenters. The minimum absolute atomic E-state index is 0.0698. The van der Waals surface area contributed by atoms with Crippen LogP contribution in [0.4, 0.5) is 32.2 Å². The Balaban J connectivity index is 2.47. The van der Waals surface area contributed by atoms with Gasteiger partial charge in [-0.15, -0.1) is 0 Å². The third-order valence-electron chi connectivity index (χ3n) is 5.61. The van der Waals surface area contributed by atoms with Crippen LogP contribution in [0.15, 0.2) is 24.3 Å². The second-order valence-electron chi connectivity index (χ2n) is 8.19. The molecule has 0 N–H and O–H groups in total. The second kappa shape index (κ2) is 10.9.